The molecule has 1 saturated heterocycles. The van der Waals surface area contributed by atoms with Gasteiger partial charge in [-0.1, -0.05) is 12.1 Å². The van der Waals surface area contributed by atoms with Gasteiger partial charge in [0, 0.05) is 18.8 Å². The minimum Gasteiger partial charge on any atom is -0.336 e. The highest BCUT2D eigenvalue weighted by Crippen LogP contribution is 2.41. The summed E-state index contributed by atoms with van der Waals surface area (Å²) in [5.74, 6) is 0. The van der Waals surface area contributed by atoms with Gasteiger partial charge in [-0.2, -0.15) is 23.1 Å². The van der Waals surface area contributed by atoms with Crippen molar-refractivity contribution in [2.24, 2.45) is 0 Å². The van der Waals surface area contributed by atoms with Crippen molar-refractivity contribution in [3.8, 4) is 11.8 Å². The highest BCUT2D eigenvalue weighted by molar-refractivity contribution is 5.94. The van der Waals surface area contributed by atoms with Crippen molar-refractivity contribution in [2.75, 3.05) is 18.0 Å². The number of fused-ring (bicyclic) bond motifs is 1. The first kappa shape index (κ1) is 22.4. The molecule has 1 aliphatic carbocycles. The van der Waals surface area contributed by atoms with E-state index in [1.165, 1.54) is 29.2 Å². The molecule has 178 valence electrons. The average Bonchev–Trinajstić information content (AvgIpc) is 3.45. The number of nitrogens with one attached hydrogen (secondary N) is 1. The lowest BCUT2D eigenvalue weighted by Crippen LogP contribution is -2.44. The first-order valence-corrected chi connectivity index (χ1v) is 10.7. The number of hydrogen-bond acceptors (Lipinski definition) is 5. The molecule has 12 heteroatoms. The Morgan fingerprint density at radius 3 is 2.40 bits per heavy atom. The van der Waals surface area contributed by atoms with Gasteiger partial charge in [0.05, 0.1) is 17.3 Å². The van der Waals surface area contributed by atoms with E-state index in [0.717, 1.165) is 15.3 Å². The van der Waals surface area contributed by atoms with E-state index < -0.39 is 34.7 Å². The normalized spacial score (nSPS) is 17.3. The molecule has 3 aromatic rings. The summed E-state index contributed by atoms with van der Waals surface area (Å²) in [6.45, 7) is 0.970. The molecule has 0 spiro atoms. The Morgan fingerprint density at radius 2 is 1.77 bits per heavy atom. The van der Waals surface area contributed by atoms with Crippen molar-refractivity contribution in [3.63, 3.8) is 0 Å². The van der Waals surface area contributed by atoms with E-state index in [1.807, 2.05) is 0 Å². The van der Waals surface area contributed by atoms with Crippen LogP contribution in [0.25, 0.3) is 5.69 Å². The molecule has 1 aromatic heterocycles. The van der Waals surface area contributed by atoms with Crippen LogP contribution in [0.3, 0.4) is 0 Å². The average molecular weight is 482 g/mol. The minimum atomic E-state index is -4.57. The molecule has 2 aromatic carbocycles. The van der Waals surface area contributed by atoms with E-state index in [9.17, 15) is 32.8 Å². The second-order valence-corrected chi connectivity index (χ2v) is 8.16. The number of carbonyl (C=O) groups excluding carboxylic acids is 1. The van der Waals surface area contributed by atoms with Crippen molar-refractivity contribution in [1.29, 1.82) is 5.26 Å². The van der Waals surface area contributed by atoms with Crippen molar-refractivity contribution in [2.45, 2.75) is 25.1 Å². The summed E-state index contributed by atoms with van der Waals surface area (Å²) in [5, 5.41) is 16.0. The first-order valence-electron chi connectivity index (χ1n) is 10.7. The molecule has 2 heterocycles. The Labute approximate surface area is 195 Å². The number of alkyl halides is 3. The van der Waals surface area contributed by atoms with Crippen LogP contribution in [0.1, 0.15) is 34.8 Å². The number of aromatic nitrogens is 3. The predicted molar refractivity (Wildman–Crippen MR) is 117 cm³/mol. The predicted octanol–water partition coefficient (Wildman–Crippen LogP) is 2.35. The van der Waals surface area contributed by atoms with Crippen molar-refractivity contribution in [1.82, 2.24) is 19.7 Å². The second-order valence-electron chi connectivity index (χ2n) is 8.16. The van der Waals surface area contributed by atoms with E-state index in [0.29, 0.717) is 18.8 Å². The third-order valence-electron chi connectivity index (χ3n) is 6.23. The van der Waals surface area contributed by atoms with Crippen LogP contribution in [-0.2, 0) is 12.6 Å². The van der Waals surface area contributed by atoms with Gasteiger partial charge in [-0.25, -0.2) is 14.2 Å². The fourth-order valence-corrected chi connectivity index (χ4v) is 4.66. The number of nitrogens with zero attached hydrogens (tertiary/aromatic N) is 5. The van der Waals surface area contributed by atoms with E-state index in [-0.39, 0.29) is 35.7 Å². The first-order chi connectivity index (χ1) is 16.7. The molecule has 2 amide bonds. The number of benzene rings is 2. The number of amides is 2. The fourth-order valence-electron chi connectivity index (χ4n) is 4.66. The lowest BCUT2D eigenvalue weighted by molar-refractivity contribution is -0.138. The Morgan fingerprint density at radius 1 is 1.06 bits per heavy atom. The number of halogens is 3. The van der Waals surface area contributed by atoms with Crippen molar-refractivity contribution < 1.29 is 18.0 Å². The molecule has 1 atom stereocenters. The maximum absolute atomic E-state index is 13.5. The number of carbonyl (C=O) groups is 1. The molecular weight excluding hydrogens is 465 g/mol. The Bertz CT molecular complexity index is 1500. The van der Waals surface area contributed by atoms with Crippen LogP contribution >= 0.6 is 0 Å². The third kappa shape index (κ3) is 3.65. The zero-order valence-corrected chi connectivity index (χ0v) is 18.0. The molecule has 0 saturated carbocycles. The highest BCUT2D eigenvalue weighted by Gasteiger charge is 2.38. The molecule has 2 aliphatic rings. The summed E-state index contributed by atoms with van der Waals surface area (Å²) in [6, 6.07) is 10.3. The van der Waals surface area contributed by atoms with E-state index >= 15 is 0 Å². The zero-order valence-electron chi connectivity index (χ0n) is 18.0. The number of anilines is 1. The topological polar surface area (TPSA) is 113 Å². The molecular formula is C23H17F3N6O3. The SMILES string of the molecule is N#Cc1nn(-c2ccc(N3CCNC3=O)cc2)c(=O)n([C@@H]2CCc3c2cccc3C(F)(F)F)c1=O. The maximum atomic E-state index is 13.5. The number of nitriles is 1. The number of rotatable bonds is 3. The molecule has 0 radical (unpaired) electrons. The molecule has 1 aliphatic heterocycles. The van der Waals surface area contributed by atoms with Crippen LogP contribution in [0.2, 0.25) is 0 Å². The third-order valence-corrected chi connectivity index (χ3v) is 6.23. The Balaban J connectivity index is 1.62. The van der Waals surface area contributed by atoms with Gasteiger partial charge in [0.2, 0.25) is 5.69 Å². The monoisotopic (exact) mass is 482 g/mol. The molecule has 0 unspecified atom stereocenters. The van der Waals surface area contributed by atoms with Crippen LogP contribution in [0, 0.1) is 11.3 Å². The summed E-state index contributed by atoms with van der Waals surface area (Å²) in [7, 11) is 0. The maximum Gasteiger partial charge on any atom is 0.416 e. The number of urea groups is 1. The number of hydrogen-bond donors (Lipinski definition) is 1. The van der Waals surface area contributed by atoms with Gasteiger partial charge in [-0.15, -0.1) is 5.10 Å². The van der Waals surface area contributed by atoms with Gasteiger partial charge in [-0.05, 0) is 54.3 Å². The van der Waals surface area contributed by atoms with Gasteiger partial charge < -0.3 is 5.32 Å². The highest BCUT2D eigenvalue weighted by atomic mass is 19.4. The summed E-state index contributed by atoms with van der Waals surface area (Å²) in [6.07, 6.45) is -4.46. The lowest BCUT2D eigenvalue weighted by Gasteiger charge is -2.18. The Hall–Kier alpha value is -4.40. The molecule has 1 N–H and O–H groups in total. The van der Waals surface area contributed by atoms with Gasteiger partial charge in [0.25, 0.3) is 5.56 Å². The standard InChI is InChI=1S/C23H17F3N6O3/c24-23(25,26)17-3-1-2-16-15(17)8-9-19(16)31-20(33)18(12-27)29-32(22(31)35)14-6-4-13(5-7-14)30-11-10-28-21(30)34/h1-7,19H,8-11H2,(H,28,34)/t19-/m1/s1. The zero-order chi connectivity index (χ0) is 24.9. The van der Waals surface area contributed by atoms with Gasteiger partial charge in [0.1, 0.15) is 6.07 Å². The smallest absolute Gasteiger partial charge is 0.336 e. The van der Waals surface area contributed by atoms with Crippen LogP contribution in [0.5, 0.6) is 0 Å². The lowest BCUT2D eigenvalue weighted by atomic mass is 10.0. The molecule has 35 heavy (non-hydrogen) atoms. The van der Waals surface area contributed by atoms with Crippen LogP contribution in [0.15, 0.2) is 52.1 Å². The summed E-state index contributed by atoms with van der Waals surface area (Å²) in [5.41, 5.74) is -2.15. The minimum absolute atomic E-state index is 0.0262. The summed E-state index contributed by atoms with van der Waals surface area (Å²) in [4.78, 5) is 39.7. The van der Waals surface area contributed by atoms with Crippen molar-refractivity contribution in [3.05, 3.63) is 85.7 Å². The fraction of sp³-hybridized carbons (Fsp3) is 0.261. The van der Waals surface area contributed by atoms with Crippen LogP contribution in [-0.4, -0.2) is 33.5 Å². The summed E-state index contributed by atoms with van der Waals surface area (Å²) >= 11 is 0. The van der Waals surface area contributed by atoms with Crippen LogP contribution in [0.4, 0.5) is 23.7 Å². The summed E-state index contributed by atoms with van der Waals surface area (Å²) < 4.78 is 42.1. The largest absolute Gasteiger partial charge is 0.416 e. The van der Waals surface area contributed by atoms with Gasteiger partial charge in [0.15, 0.2) is 0 Å². The molecule has 5 rings (SSSR count). The van der Waals surface area contributed by atoms with Crippen molar-refractivity contribution >= 4 is 11.7 Å². The van der Waals surface area contributed by atoms with Gasteiger partial charge in [-0.3, -0.25) is 9.69 Å². The molecule has 0 bridgehead atoms. The molecule has 1 fully saturated rings. The quantitative estimate of drug-likeness (QED) is 0.616. The Kier molecular flexibility index (Phi) is 5.20. The van der Waals surface area contributed by atoms with E-state index in [1.54, 1.807) is 18.2 Å². The van der Waals surface area contributed by atoms with E-state index in [4.69, 9.17) is 0 Å². The second kappa shape index (κ2) is 8.12. The van der Waals surface area contributed by atoms with Gasteiger partial charge >= 0.3 is 17.9 Å². The molecule has 9 nitrogen and oxygen atoms in total. The van der Waals surface area contributed by atoms with E-state index in [2.05, 4.69) is 10.4 Å². The van der Waals surface area contributed by atoms with Crippen LogP contribution < -0.4 is 21.5 Å².